The second-order valence-corrected chi connectivity index (χ2v) is 7.67. The van der Waals surface area contributed by atoms with E-state index in [4.69, 9.17) is 14.2 Å². The number of carbonyl (C=O) groups excluding carboxylic acids is 2. The lowest BCUT2D eigenvalue weighted by atomic mass is 10.1. The fourth-order valence-electron chi connectivity index (χ4n) is 2.95. The molecule has 9 heteroatoms. The zero-order chi connectivity index (χ0) is 21.0. The largest absolute Gasteiger partial charge is 0.493 e. The second kappa shape index (κ2) is 8.42. The summed E-state index contributed by atoms with van der Waals surface area (Å²) in [6.07, 6.45) is 0.196. The summed E-state index contributed by atoms with van der Waals surface area (Å²) in [7, 11) is 1.54. The molecule has 1 aliphatic heterocycles. The van der Waals surface area contributed by atoms with Crippen LogP contribution in [-0.2, 0) is 22.5 Å². The van der Waals surface area contributed by atoms with Crippen LogP contribution >= 0.6 is 0 Å². The first-order chi connectivity index (χ1) is 13.8. The summed E-state index contributed by atoms with van der Waals surface area (Å²) in [6.45, 7) is 6.16. The van der Waals surface area contributed by atoms with Crippen LogP contribution in [0.25, 0.3) is 0 Å². The number of ether oxygens (including phenoxy) is 3. The monoisotopic (exact) mass is 402 g/mol. The van der Waals surface area contributed by atoms with Gasteiger partial charge < -0.3 is 24.4 Å². The van der Waals surface area contributed by atoms with Crippen LogP contribution in [0, 0.1) is 0 Å². The molecule has 2 amide bonds. The molecule has 0 aliphatic carbocycles. The molecule has 0 unspecified atom stereocenters. The maximum Gasteiger partial charge on any atom is 0.410 e. The van der Waals surface area contributed by atoms with Gasteiger partial charge in [-0.05, 0) is 39.3 Å². The lowest BCUT2D eigenvalue weighted by Crippen LogP contribution is -2.40. The molecule has 9 nitrogen and oxygen atoms in total. The number of anilines is 1. The predicted octanol–water partition coefficient (Wildman–Crippen LogP) is 2.73. The Morgan fingerprint density at radius 3 is 2.66 bits per heavy atom. The van der Waals surface area contributed by atoms with Crippen molar-refractivity contribution in [2.75, 3.05) is 25.6 Å². The number of aromatic amines is 1. The van der Waals surface area contributed by atoms with Crippen LogP contribution in [0.4, 0.5) is 10.6 Å². The first kappa shape index (κ1) is 20.5. The van der Waals surface area contributed by atoms with Crippen LogP contribution in [0.5, 0.6) is 11.5 Å². The van der Waals surface area contributed by atoms with E-state index in [0.717, 1.165) is 11.3 Å². The van der Waals surface area contributed by atoms with E-state index in [1.807, 2.05) is 26.8 Å². The van der Waals surface area contributed by atoms with Crippen LogP contribution in [0.3, 0.4) is 0 Å². The molecule has 3 rings (SSSR count). The Kier molecular flexibility index (Phi) is 5.95. The van der Waals surface area contributed by atoms with Crippen LogP contribution in [0.2, 0.25) is 0 Å². The van der Waals surface area contributed by atoms with E-state index in [1.165, 1.54) is 0 Å². The van der Waals surface area contributed by atoms with Gasteiger partial charge in [0.25, 0.3) is 5.91 Å². The lowest BCUT2D eigenvalue weighted by molar-refractivity contribution is -0.118. The maximum absolute atomic E-state index is 12.3. The van der Waals surface area contributed by atoms with Crippen molar-refractivity contribution in [2.45, 2.75) is 39.3 Å². The molecule has 0 spiro atoms. The predicted molar refractivity (Wildman–Crippen MR) is 106 cm³/mol. The minimum absolute atomic E-state index is 0.175. The van der Waals surface area contributed by atoms with Crippen LogP contribution < -0.4 is 14.8 Å². The molecule has 0 saturated heterocycles. The number of carbonyl (C=O) groups is 2. The highest BCUT2D eigenvalue weighted by Gasteiger charge is 2.28. The number of hydrogen-bond acceptors (Lipinski definition) is 6. The third kappa shape index (κ3) is 5.18. The van der Waals surface area contributed by atoms with Crippen molar-refractivity contribution in [3.63, 3.8) is 0 Å². The van der Waals surface area contributed by atoms with Crippen molar-refractivity contribution >= 4 is 17.8 Å². The fourth-order valence-corrected chi connectivity index (χ4v) is 2.95. The number of rotatable bonds is 5. The van der Waals surface area contributed by atoms with Crippen LogP contribution in [-0.4, -0.2) is 53.0 Å². The van der Waals surface area contributed by atoms with Crippen LogP contribution in [0.1, 0.15) is 32.0 Å². The molecule has 0 bridgehead atoms. The van der Waals surface area contributed by atoms with E-state index < -0.39 is 5.60 Å². The topological polar surface area (TPSA) is 106 Å². The minimum atomic E-state index is -0.550. The van der Waals surface area contributed by atoms with E-state index >= 15 is 0 Å². The summed E-state index contributed by atoms with van der Waals surface area (Å²) in [6, 6.07) is 7.11. The quantitative estimate of drug-likeness (QED) is 0.797. The van der Waals surface area contributed by atoms with Gasteiger partial charge in [-0.2, -0.15) is 5.10 Å². The molecule has 1 aromatic heterocycles. The molecule has 156 valence electrons. The van der Waals surface area contributed by atoms with Crippen molar-refractivity contribution in [2.24, 2.45) is 0 Å². The molecule has 2 heterocycles. The Bertz CT molecular complexity index is 887. The van der Waals surface area contributed by atoms with Gasteiger partial charge in [0.2, 0.25) is 0 Å². The summed E-state index contributed by atoms with van der Waals surface area (Å²) >= 11 is 0. The van der Waals surface area contributed by atoms with E-state index in [2.05, 4.69) is 15.5 Å². The highest BCUT2D eigenvalue weighted by atomic mass is 16.6. The van der Waals surface area contributed by atoms with E-state index in [0.29, 0.717) is 36.8 Å². The number of benzene rings is 1. The molecular weight excluding hydrogens is 376 g/mol. The Morgan fingerprint density at radius 2 is 1.97 bits per heavy atom. The molecule has 1 aliphatic rings. The second-order valence-electron chi connectivity index (χ2n) is 7.67. The standard InChI is InChI=1S/C20H26N4O5/c1-20(2,3)29-19(26)24-10-9-13-14(11-24)22-23-18(13)21-17(25)12-28-16-8-6-5-7-15(16)27-4/h5-8H,9-12H2,1-4H3,(H2,21,22,23,25). The number of hydrogen-bond donors (Lipinski definition) is 2. The summed E-state index contributed by atoms with van der Waals surface area (Å²) in [4.78, 5) is 26.1. The smallest absolute Gasteiger partial charge is 0.410 e. The molecule has 0 fully saturated rings. The molecule has 0 atom stereocenters. The van der Waals surface area contributed by atoms with Gasteiger partial charge in [0.15, 0.2) is 23.9 Å². The average molecular weight is 402 g/mol. The number of nitrogens with one attached hydrogen (secondary N) is 2. The molecule has 2 aromatic rings. The van der Waals surface area contributed by atoms with Crippen molar-refractivity contribution in [3.8, 4) is 11.5 Å². The molecular formula is C20H26N4O5. The number of fused-ring (bicyclic) bond motifs is 1. The number of nitrogens with zero attached hydrogens (tertiary/aromatic N) is 2. The van der Waals surface area contributed by atoms with Gasteiger partial charge in [0.1, 0.15) is 5.60 Å². The number of methoxy groups -OCH3 is 1. The highest BCUT2D eigenvalue weighted by Crippen LogP contribution is 2.27. The van der Waals surface area contributed by atoms with E-state index in [-0.39, 0.29) is 18.6 Å². The van der Waals surface area contributed by atoms with Gasteiger partial charge >= 0.3 is 6.09 Å². The lowest BCUT2D eigenvalue weighted by Gasteiger charge is -2.29. The summed E-state index contributed by atoms with van der Waals surface area (Å²) < 4.78 is 16.1. The Labute approximate surface area is 169 Å². The summed E-state index contributed by atoms with van der Waals surface area (Å²) in [5.41, 5.74) is 1.12. The number of aromatic nitrogens is 2. The SMILES string of the molecule is COc1ccccc1OCC(=O)Nc1n[nH]c2c1CCN(C(=O)OC(C)(C)C)C2. The van der Waals surface area contributed by atoms with Gasteiger partial charge in [0, 0.05) is 12.1 Å². The van der Waals surface area contributed by atoms with Gasteiger partial charge in [-0.3, -0.25) is 9.89 Å². The summed E-state index contributed by atoms with van der Waals surface area (Å²) in [5, 5.41) is 9.83. The Balaban J connectivity index is 1.57. The summed E-state index contributed by atoms with van der Waals surface area (Å²) in [5.74, 6) is 1.17. The first-order valence-corrected chi connectivity index (χ1v) is 9.36. The van der Waals surface area contributed by atoms with Gasteiger partial charge in [0.05, 0.1) is 19.3 Å². The van der Waals surface area contributed by atoms with Crippen molar-refractivity contribution in [1.82, 2.24) is 15.1 Å². The van der Waals surface area contributed by atoms with Gasteiger partial charge in [-0.15, -0.1) is 0 Å². The van der Waals surface area contributed by atoms with Crippen molar-refractivity contribution in [3.05, 3.63) is 35.5 Å². The molecule has 2 N–H and O–H groups in total. The van der Waals surface area contributed by atoms with Gasteiger partial charge in [-0.25, -0.2) is 4.79 Å². The molecule has 29 heavy (non-hydrogen) atoms. The minimum Gasteiger partial charge on any atom is -0.493 e. The van der Waals surface area contributed by atoms with E-state index in [9.17, 15) is 9.59 Å². The average Bonchev–Trinajstić information content (AvgIpc) is 3.07. The maximum atomic E-state index is 12.3. The normalized spacial score (nSPS) is 13.4. The molecule has 1 aromatic carbocycles. The third-order valence-corrected chi connectivity index (χ3v) is 4.27. The van der Waals surface area contributed by atoms with Gasteiger partial charge in [-0.1, -0.05) is 12.1 Å². The molecule has 0 radical (unpaired) electrons. The Hall–Kier alpha value is -3.23. The zero-order valence-corrected chi connectivity index (χ0v) is 17.1. The van der Waals surface area contributed by atoms with Crippen molar-refractivity contribution in [1.29, 1.82) is 0 Å². The zero-order valence-electron chi connectivity index (χ0n) is 17.1. The number of H-pyrrole nitrogens is 1. The first-order valence-electron chi connectivity index (χ1n) is 9.36. The van der Waals surface area contributed by atoms with Crippen molar-refractivity contribution < 1.29 is 23.8 Å². The number of para-hydroxylation sites is 2. The van der Waals surface area contributed by atoms with E-state index in [1.54, 1.807) is 30.2 Å². The highest BCUT2D eigenvalue weighted by molar-refractivity contribution is 5.91. The third-order valence-electron chi connectivity index (χ3n) is 4.27. The fraction of sp³-hybridized carbons (Fsp3) is 0.450. The number of amides is 2. The van der Waals surface area contributed by atoms with Crippen LogP contribution in [0.15, 0.2) is 24.3 Å². The molecule has 0 saturated carbocycles. The Morgan fingerprint density at radius 1 is 1.24 bits per heavy atom.